The van der Waals surface area contributed by atoms with Crippen LogP contribution >= 0.6 is 0 Å². The fourth-order valence-electron chi connectivity index (χ4n) is 1.75. The molecule has 0 aliphatic carbocycles. The average molecular weight is 233 g/mol. The molecule has 1 heterocycles. The van der Waals surface area contributed by atoms with E-state index in [9.17, 15) is 0 Å². The molecule has 0 unspecified atom stereocenters. The topological polar surface area (TPSA) is 57.6 Å². The Balaban J connectivity index is 2.58. The van der Waals surface area contributed by atoms with Crippen molar-refractivity contribution in [2.45, 2.75) is 6.54 Å². The van der Waals surface area contributed by atoms with Crippen LogP contribution in [0.1, 0.15) is 5.56 Å². The Hall–Kier alpha value is -1.94. The van der Waals surface area contributed by atoms with Crippen molar-refractivity contribution >= 4 is 0 Å². The summed E-state index contributed by atoms with van der Waals surface area (Å²) in [7, 11) is 3.20. The first-order valence-corrected chi connectivity index (χ1v) is 5.29. The number of hydrogen-bond donors (Lipinski definition) is 1. The van der Waals surface area contributed by atoms with E-state index < -0.39 is 0 Å². The lowest BCUT2D eigenvalue weighted by atomic mass is 10.0. The third-order valence-electron chi connectivity index (χ3n) is 2.62. The van der Waals surface area contributed by atoms with E-state index in [1.807, 2.05) is 24.3 Å². The van der Waals surface area contributed by atoms with Gasteiger partial charge in [0.25, 0.3) is 0 Å². The van der Waals surface area contributed by atoms with Gasteiger partial charge in [-0.15, -0.1) is 0 Å². The molecule has 90 valence electrons. The Kier molecular flexibility index (Phi) is 3.35. The van der Waals surface area contributed by atoms with Crippen molar-refractivity contribution in [2.75, 3.05) is 14.2 Å². The van der Waals surface area contributed by atoms with Crippen molar-refractivity contribution in [3.05, 3.63) is 36.1 Å². The van der Waals surface area contributed by atoms with Gasteiger partial charge in [0.2, 0.25) is 0 Å². The molecule has 0 aliphatic heterocycles. The number of hydrogen-bond acceptors (Lipinski definition) is 4. The van der Waals surface area contributed by atoms with E-state index in [1.54, 1.807) is 20.5 Å². The molecule has 1 aromatic heterocycles. The summed E-state index contributed by atoms with van der Waals surface area (Å²) in [5, 5.41) is 0. The highest BCUT2D eigenvalue weighted by Crippen LogP contribution is 2.35. The summed E-state index contributed by atoms with van der Waals surface area (Å²) in [6, 6.07) is 7.48. The molecule has 0 bridgehead atoms. The number of ether oxygens (including phenoxy) is 2. The Morgan fingerprint density at radius 1 is 1.18 bits per heavy atom. The fraction of sp³-hybridized carbons (Fsp3) is 0.231. The third kappa shape index (κ3) is 2.12. The van der Waals surface area contributed by atoms with Crippen molar-refractivity contribution in [1.29, 1.82) is 0 Å². The van der Waals surface area contributed by atoms with E-state index >= 15 is 0 Å². The van der Waals surface area contributed by atoms with E-state index in [0.717, 1.165) is 16.9 Å². The molecule has 2 rings (SSSR count). The van der Waals surface area contributed by atoms with Gasteiger partial charge in [-0.3, -0.25) is 0 Å². The third-order valence-corrected chi connectivity index (χ3v) is 2.62. The van der Waals surface area contributed by atoms with E-state index in [1.165, 1.54) is 0 Å². The molecule has 0 fully saturated rings. The van der Waals surface area contributed by atoms with Crippen LogP contribution in [0.2, 0.25) is 0 Å². The molecule has 0 spiro atoms. The number of rotatable bonds is 4. The SMILES string of the molecule is COc1cc(CN)c(-c2ccco2)cc1OC. The predicted octanol–water partition coefficient (Wildman–Crippen LogP) is 2.42. The van der Waals surface area contributed by atoms with Crippen LogP contribution in [0.5, 0.6) is 11.5 Å². The molecule has 0 saturated heterocycles. The van der Waals surface area contributed by atoms with Gasteiger partial charge < -0.3 is 19.6 Å². The van der Waals surface area contributed by atoms with Crippen molar-refractivity contribution in [3.8, 4) is 22.8 Å². The lowest BCUT2D eigenvalue weighted by Crippen LogP contribution is -2.01. The molecule has 4 nitrogen and oxygen atoms in total. The van der Waals surface area contributed by atoms with Gasteiger partial charge in [-0.05, 0) is 29.8 Å². The van der Waals surface area contributed by atoms with Gasteiger partial charge in [0, 0.05) is 12.1 Å². The molecular formula is C13H15NO3. The standard InChI is InChI=1S/C13H15NO3/c1-15-12-6-9(8-14)10(7-13(12)16-2)11-4-3-5-17-11/h3-7H,8,14H2,1-2H3. The van der Waals surface area contributed by atoms with E-state index in [2.05, 4.69) is 0 Å². The summed E-state index contributed by atoms with van der Waals surface area (Å²) in [6.07, 6.45) is 1.63. The number of methoxy groups -OCH3 is 2. The molecule has 0 aliphatic rings. The minimum absolute atomic E-state index is 0.413. The van der Waals surface area contributed by atoms with Gasteiger partial charge in [0.15, 0.2) is 11.5 Å². The second-order valence-corrected chi connectivity index (χ2v) is 3.55. The Labute approximate surface area is 99.9 Å². The van der Waals surface area contributed by atoms with Crippen molar-refractivity contribution in [1.82, 2.24) is 0 Å². The molecule has 1 aromatic carbocycles. The number of nitrogens with two attached hydrogens (primary N) is 1. The highest BCUT2D eigenvalue weighted by molar-refractivity contribution is 5.67. The average Bonchev–Trinajstić information content (AvgIpc) is 2.90. The van der Waals surface area contributed by atoms with Crippen LogP contribution in [-0.4, -0.2) is 14.2 Å². The van der Waals surface area contributed by atoms with E-state index in [-0.39, 0.29) is 0 Å². The fourth-order valence-corrected chi connectivity index (χ4v) is 1.75. The smallest absolute Gasteiger partial charge is 0.161 e. The van der Waals surface area contributed by atoms with Gasteiger partial charge in [0.1, 0.15) is 5.76 Å². The van der Waals surface area contributed by atoms with Crippen LogP contribution in [0, 0.1) is 0 Å². The molecule has 0 atom stereocenters. The van der Waals surface area contributed by atoms with Crippen molar-refractivity contribution in [2.24, 2.45) is 5.73 Å². The highest BCUT2D eigenvalue weighted by Gasteiger charge is 2.13. The molecule has 17 heavy (non-hydrogen) atoms. The lowest BCUT2D eigenvalue weighted by Gasteiger charge is -2.12. The van der Waals surface area contributed by atoms with Crippen LogP contribution in [-0.2, 0) is 6.54 Å². The molecule has 0 radical (unpaired) electrons. The lowest BCUT2D eigenvalue weighted by molar-refractivity contribution is 0.354. The predicted molar refractivity (Wildman–Crippen MR) is 65.1 cm³/mol. The van der Waals surface area contributed by atoms with Crippen LogP contribution in [0.4, 0.5) is 0 Å². The zero-order chi connectivity index (χ0) is 12.3. The summed E-state index contributed by atoms with van der Waals surface area (Å²) >= 11 is 0. The maximum atomic E-state index is 5.73. The minimum atomic E-state index is 0.413. The summed E-state index contributed by atoms with van der Waals surface area (Å²) in [5.74, 6) is 2.10. The maximum Gasteiger partial charge on any atom is 0.161 e. The minimum Gasteiger partial charge on any atom is -0.493 e. The summed E-state index contributed by atoms with van der Waals surface area (Å²) < 4.78 is 15.9. The number of furan rings is 1. The van der Waals surface area contributed by atoms with Gasteiger partial charge in [-0.2, -0.15) is 0 Å². The molecule has 2 aromatic rings. The largest absolute Gasteiger partial charge is 0.493 e. The normalized spacial score (nSPS) is 10.3. The van der Waals surface area contributed by atoms with Gasteiger partial charge in [0.05, 0.1) is 20.5 Å². The highest BCUT2D eigenvalue weighted by atomic mass is 16.5. The summed E-state index contributed by atoms with van der Waals surface area (Å²) in [5.41, 5.74) is 7.62. The first kappa shape index (κ1) is 11.5. The quantitative estimate of drug-likeness (QED) is 0.881. The monoisotopic (exact) mass is 233 g/mol. The van der Waals surface area contributed by atoms with Crippen LogP contribution in [0.3, 0.4) is 0 Å². The second-order valence-electron chi connectivity index (χ2n) is 3.55. The van der Waals surface area contributed by atoms with Gasteiger partial charge in [-0.1, -0.05) is 0 Å². The van der Waals surface area contributed by atoms with E-state index in [0.29, 0.717) is 18.0 Å². The molecule has 2 N–H and O–H groups in total. The van der Waals surface area contributed by atoms with Crippen LogP contribution in [0.25, 0.3) is 11.3 Å². The zero-order valence-corrected chi connectivity index (χ0v) is 9.90. The number of benzene rings is 1. The van der Waals surface area contributed by atoms with Crippen LogP contribution < -0.4 is 15.2 Å². The van der Waals surface area contributed by atoms with Crippen LogP contribution in [0.15, 0.2) is 34.9 Å². The summed E-state index contributed by atoms with van der Waals surface area (Å²) in [4.78, 5) is 0. The van der Waals surface area contributed by atoms with E-state index in [4.69, 9.17) is 19.6 Å². The molecular weight excluding hydrogens is 218 g/mol. The maximum absolute atomic E-state index is 5.73. The molecule has 0 saturated carbocycles. The summed E-state index contributed by atoms with van der Waals surface area (Å²) in [6.45, 7) is 0.413. The molecule has 0 amide bonds. The Morgan fingerprint density at radius 2 is 1.88 bits per heavy atom. The second kappa shape index (κ2) is 4.93. The van der Waals surface area contributed by atoms with Crippen molar-refractivity contribution in [3.63, 3.8) is 0 Å². The van der Waals surface area contributed by atoms with Crippen molar-refractivity contribution < 1.29 is 13.9 Å². The first-order chi connectivity index (χ1) is 8.30. The van der Waals surface area contributed by atoms with Gasteiger partial charge >= 0.3 is 0 Å². The Bertz CT molecular complexity index is 492. The molecule has 4 heteroatoms. The van der Waals surface area contributed by atoms with Gasteiger partial charge in [-0.25, -0.2) is 0 Å². The zero-order valence-electron chi connectivity index (χ0n) is 9.90. The Morgan fingerprint density at radius 3 is 2.41 bits per heavy atom. The first-order valence-electron chi connectivity index (χ1n) is 5.29.